The lowest BCUT2D eigenvalue weighted by molar-refractivity contribution is -0.161. The quantitative estimate of drug-likeness (QED) is 0.462. The number of amides is 2. The number of benzene rings is 1. The first kappa shape index (κ1) is 23.8. The second-order valence-electron chi connectivity index (χ2n) is 10.1. The number of fused-ring (bicyclic) bond motifs is 3. The van der Waals surface area contributed by atoms with Crippen LogP contribution < -0.4 is 0 Å². The first-order valence-electron chi connectivity index (χ1n) is 12.6. The number of aliphatic hydroxyl groups excluding tert-OH is 1. The maximum atomic E-state index is 14.3. The van der Waals surface area contributed by atoms with E-state index in [4.69, 9.17) is 9.47 Å². The van der Waals surface area contributed by atoms with Gasteiger partial charge in [-0.05, 0) is 31.6 Å². The Morgan fingerprint density at radius 2 is 1.95 bits per heavy atom. The molecule has 6 rings (SSSR count). The van der Waals surface area contributed by atoms with E-state index in [1.807, 2.05) is 43.3 Å². The van der Waals surface area contributed by atoms with Crippen LogP contribution in [-0.4, -0.2) is 90.7 Å². The van der Waals surface area contributed by atoms with Crippen molar-refractivity contribution in [2.75, 3.05) is 19.8 Å². The highest BCUT2D eigenvalue weighted by Gasteiger charge is 2.75. The fourth-order valence-corrected chi connectivity index (χ4v) is 6.45. The highest BCUT2D eigenvalue weighted by Crippen LogP contribution is 2.58. The molecule has 4 aliphatic heterocycles. The fourth-order valence-electron chi connectivity index (χ4n) is 6.45. The van der Waals surface area contributed by atoms with Gasteiger partial charge in [0, 0.05) is 6.54 Å². The summed E-state index contributed by atoms with van der Waals surface area (Å²) in [5.74, 6) is -3.14. The van der Waals surface area contributed by atoms with E-state index in [1.54, 1.807) is 28.7 Å². The van der Waals surface area contributed by atoms with Crippen molar-refractivity contribution >= 4 is 28.8 Å². The van der Waals surface area contributed by atoms with Crippen molar-refractivity contribution in [3.8, 4) is 0 Å². The van der Waals surface area contributed by atoms with Crippen molar-refractivity contribution in [1.29, 1.82) is 0 Å². The molecule has 6 atom stereocenters. The molecule has 11 nitrogen and oxygen atoms in total. The summed E-state index contributed by atoms with van der Waals surface area (Å²) in [6, 6.07) is 5.72. The van der Waals surface area contributed by atoms with E-state index >= 15 is 0 Å². The number of hydrogen-bond acceptors (Lipinski definition) is 8. The second-order valence-corrected chi connectivity index (χ2v) is 10.1. The van der Waals surface area contributed by atoms with E-state index in [2.05, 4.69) is 10.3 Å². The van der Waals surface area contributed by atoms with Gasteiger partial charge in [-0.2, -0.15) is 0 Å². The maximum absolute atomic E-state index is 14.3. The lowest BCUT2D eigenvalue weighted by Gasteiger charge is -2.39. The van der Waals surface area contributed by atoms with Gasteiger partial charge in [0.2, 0.25) is 5.91 Å². The summed E-state index contributed by atoms with van der Waals surface area (Å²) in [5, 5.41) is 18.4. The normalized spacial score (nSPS) is 33.7. The molecular formula is C26H29N5O6. The molecule has 0 saturated carbocycles. The van der Waals surface area contributed by atoms with Crippen LogP contribution in [0.1, 0.15) is 20.3 Å². The zero-order chi connectivity index (χ0) is 25.9. The molecule has 0 radical (unpaired) electrons. The van der Waals surface area contributed by atoms with Gasteiger partial charge in [-0.1, -0.05) is 42.5 Å². The summed E-state index contributed by atoms with van der Waals surface area (Å²) in [6.07, 6.45) is 7.55. The van der Waals surface area contributed by atoms with Gasteiger partial charge in [0.15, 0.2) is 0 Å². The van der Waals surface area contributed by atoms with Crippen LogP contribution in [-0.2, 0) is 30.5 Å². The fraction of sp³-hybridized carbons (Fsp3) is 0.500. The third-order valence-electron chi connectivity index (χ3n) is 8.18. The number of aromatic nitrogens is 3. The minimum atomic E-state index is -1.39. The lowest BCUT2D eigenvalue weighted by atomic mass is 9.73. The average Bonchev–Trinajstić information content (AvgIpc) is 3.44. The summed E-state index contributed by atoms with van der Waals surface area (Å²) in [7, 11) is 0. The third-order valence-corrected chi connectivity index (χ3v) is 8.18. The molecule has 1 aromatic heterocycles. The van der Waals surface area contributed by atoms with E-state index in [0.29, 0.717) is 11.9 Å². The zero-order valence-corrected chi connectivity index (χ0v) is 20.7. The first-order valence-corrected chi connectivity index (χ1v) is 12.6. The summed E-state index contributed by atoms with van der Waals surface area (Å²) < 4.78 is 13.8. The van der Waals surface area contributed by atoms with Gasteiger partial charge in [-0.15, -0.1) is 5.10 Å². The Morgan fingerprint density at radius 1 is 1.14 bits per heavy atom. The van der Waals surface area contributed by atoms with Crippen LogP contribution in [0.3, 0.4) is 0 Å². The molecule has 1 spiro atoms. The van der Waals surface area contributed by atoms with Crippen molar-refractivity contribution in [2.45, 2.75) is 50.2 Å². The Morgan fingerprint density at radius 3 is 2.73 bits per heavy atom. The number of esters is 1. The van der Waals surface area contributed by atoms with Crippen LogP contribution in [0.4, 0.5) is 0 Å². The minimum absolute atomic E-state index is 0.100. The Hall–Kier alpha value is -3.57. The number of rotatable bonds is 5. The van der Waals surface area contributed by atoms with Crippen LogP contribution in [0.5, 0.6) is 0 Å². The highest BCUT2D eigenvalue weighted by atomic mass is 16.6. The monoisotopic (exact) mass is 507 g/mol. The number of hydrogen-bond donors (Lipinski definition) is 1. The summed E-state index contributed by atoms with van der Waals surface area (Å²) in [6.45, 7) is 3.70. The van der Waals surface area contributed by atoms with E-state index in [1.165, 1.54) is 4.90 Å². The van der Waals surface area contributed by atoms with Crippen molar-refractivity contribution in [1.82, 2.24) is 24.8 Å². The SMILES string of the molecule is CC[C@]12C=CCOC(=O)[C@H]1[C@H]1C(=O)N([C@H](C)CO)C3C(=O)N(Cn4nnc5ccccc54)CC=C[C@@]31O2. The highest BCUT2D eigenvalue weighted by molar-refractivity contribution is 5.99. The molecule has 1 N–H and O–H groups in total. The zero-order valence-electron chi connectivity index (χ0n) is 20.7. The maximum Gasteiger partial charge on any atom is 0.313 e. The first-order chi connectivity index (χ1) is 17.9. The topological polar surface area (TPSA) is 127 Å². The van der Waals surface area contributed by atoms with Crippen molar-refractivity contribution < 1.29 is 29.0 Å². The molecule has 5 heterocycles. The molecule has 0 aliphatic carbocycles. The predicted molar refractivity (Wildman–Crippen MR) is 129 cm³/mol. The van der Waals surface area contributed by atoms with E-state index in [0.717, 1.165) is 5.52 Å². The van der Waals surface area contributed by atoms with Crippen LogP contribution in [0, 0.1) is 11.8 Å². The second kappa shape index (κ2) is 8.49. The summed E-state index contributed by atoms with van der Waals surface area (Å²) in [5.41, 5.74) is -0.991. The van der Waals surface area contributed by atoms with E-state index < -0.39 is 47.0 Å². The van der Waals surface area contributed by atoms with Gasteiger partial charge in [0.1, 0.15) is 42.0 Å². The van der Waals surface area contributed by atoms with Gasteiger partial charge < -0.3 is 24.4 Å². The van der Waals surface area contributed by atoms with Gasteiger partial charge in [0.25, 0.3) is 5.91 Å². The number of para-hydroxylation sites is 1. The molecule has 0 bridgehead atoms. The van der Waals surface area contributed by atoms with Gasteiger partial charge in [-0.25, -0.2) is 4.68 Å². The standard InChI is InChI=1S/C26H29N5O6/c1-3-25-10-7-13-36-24(35)20(25)19-22(33)31(16(2)14-32)21-23(34)29(12-6-11-26(19,21)37-25)15-30-18-9-5-4-8-17(18)27-28-30/h4-11,16,19-21,32H,3,12-15H2,1-2H3/t16-,19+,20-,21?,25+,26+/m1/s1. The number of ether oxygens (including phenoxy) is 2. The summed E-state index contributed by atoms with van der Waals surface area (Å²) in [4.78, 5) is 44.6. The Bertz CT molecular complexity index is 1340. The minimum Gasteiger partial charge on any atom is -0.461 e. The van der Waals surface area contributed by atoms with Gasteiger partial charge >= 0.3 is 5.97 Å². The number of cyclic esters (lactones) is 1. The molecule has 2 saturated heterocycles. The van der Waals surface area contributed by atoms with Crippen LogP contribution in [0.25, 0.3) is 11.0 Å². The molecule has 1 aromatic carbocycles. The van der Waals surface area contributed by atoms with Gasteiger partial charge in [0.05, 0.1) is 24.1 Å². The Labute approximate surface area is 213 Å². The number of nitrogens with zero attached hydrogens (tertiary/aromatic N) is 5. The molecule has 11 heteroatoms. The molecule has 194 valence electrons. The number of carbonyl (C=O) groups is 3. The number of carbonyl (C=O) groups excluding carboxylic acids is 3. The van der Waals surface area contributed by atoms with Crippen molar-refractivity contribution in [3.05, 3.63) is 48.6 Å². The molecule has 1 unspecified atom stereocenters. The molecule has 2 aromatic rings. The summed E-state index contributed by atoms with van der Waals surface area (Å²) >= 11 is 0. The third kappa shape index (κ3) is 3.23. The predicted octanol–water partition coefficient (Wildman–Crippen LogP) is 0.642. The van der Waals surface area contributed by atoms with Crippen LogP contribution >= 0.6 is 0 Å². The van der Waals surface area contributed by atoms with Crippen molar-refractivity contribution in [3.63, 3.8) is 0 Å². The Balaban J connectivity index is 1.45. The molecule has 4 aliphatic rings. The number of aliphatic hydroxyl groups is 1. The lowest BCUT2D eigenvalue weighted by Crippen LogP contribution is -2.58. The average molecular weight is 508 g/mol. The molecular weight excluding hydrogens is 478 g/mol. The largest absolute Gasteiger partial charge is 0.461 e. The Kier molecular flexibility index (Phi) is 5.46. The van der Waals surface area contributed by atoms with E-state index in [9.17, 15) is 19.5 Å². The van der Waals surface area contributed by atoms with Crippen LogP contribution in [0.2, 0.25) is 0 Å². The molecule has 2 amide bonds. The smallest absolute Gasteiger partial charge is 0.313 e. The number of likely N-dealkylation sites (tertiary alicyclic amines) is 1. The van der Waals surface area contributed by atoms with Crippen LogP contribution in [0.15, 0.2) is 48.6 Å². The van der Waals surface area contributed by atoms with Crippen molar-refractivity contribution in [2.24, 2.45) is 11.8 Å². The van der Waals surface area contributed by atoms with Gasteiger partial charge in [-0.3, -0.25) is 14.4 Å². The molecule has 2 fully saturated rings. The van der Waals surface area contributed by atoms with E-state index in [-0.39, 0.29) is 32.3 Å². The molecule has 37 heavy (non-hydrogen) atoms.